The predicted octanol–water partition coefficient (Wildman–Crippen LogP) is 2.87. The Bertz CT molecular complexity index is 883. The molecule has 0 aromatic carbocycles. The Balaban J connectivity index is 1.89. The minimum absolute atomic E-state index is 0.603. The number of aryl methyl sites for hydroxylation is 2. The highest BCUT2D eigenvalue weighted by atomic mass is 35.5. The van der Waals surface area contributed by atoms with Crippen LogP contribution in [0.5, 0.6) is 0 Å². The number of rotatable bonds is 3. The normalized spacial score (nSPS) is 14.8. The number of nitrogens with zero attached hydrogens (tertiary/aromatic N) is 6. The molecule has 1 aliphatic heterocycles. The Labute approximate surface area is 145 Å². The van der Waals surface area contributed by atoms with E-state index in [1.165, 1.54) is 12.8 Å². The van der Waals surface area contributed by atoms with E-state index >= 15 is 0 Å². The molecule has 3 aromatic heterocycles. The number of hydrogen-bond acceptors (Lipinski definition) is 4. The highest BCUT2D eigenvalue weighted by molar-refractivity contribution is 6.33. The van der Waals surface area contributed by atoms with Gasteiger partial charge < -0.3 is 4.90 Å². The van der Waals surface area contributed by atoms with Gasteiger partial charge in [0.1, 0.15) is 11.4 Å². The lowest BCUT2D eigenvalue weighted by Crippen LogP contribution is -2.20. The van der Waals surface area contributed by atoms with Crippen LogP contribution in [0.2, 0.25) is 5.02 Å². The molecule has 0 radical (unpaired) electrons. The van der Waals surface area contributed by atoms with Gasteiger partial charge in [0, 0.05) is 32.5 Å². The molecule has 0 amide bonds. The molecular weight excluding hydrogens is 326 g/mol. The van der Waals surface area contributed by atoms with Crippen molar-refractivity contribution in [3.63, 3.8) is 0 Å². The average Bonchev–Trinajstić information content (AvgIpc) is 3.32. The maximum absolute atomic E-state index is 6.39. The van der Waals surface area contributed by atoms with E-state index in [2.05, 4.69) is 27.0 Å². The first kappa shape index (κ1) is 15.3. The van der Waals surface area contributed by atoms with Crippen molar-refractivity contribution >= 4 is 17.4 Å². The third-order valence-electron chi connectivity index (χ3n) is 4.66. The number of imidazole rings is 1. The molecule has 8 heteroatoms. The minimum atomic E-state index is 0.603. The van der Waals surface area contributed by atoms with E-state index in [4.69, 9.17) is 16.7 Å². The SMILES string of the molecule is Cc1[nH]nc(-c2nccn2-c2c(N3CCCC3)nn(C)c2C)c1Cl. The fraction of sp³-hybridized carbons (Fsp3) is 0.438. The van der Waals surface area contributed by atoms with Crippen molar-refractivity contribution in [2.75, 3.05) is 18.0 Å². The van der Waals surface area contributed by atoms with E-state index in [1.807, 2.05) is 29.4 Å². The number of halogens is 1. The zero-order valence-corrected chi connectivity index (χ0v) is 14.8. The van der Waals surface area contributed by atoms with Crippen LogP contribution in [0, 0.1) is 13.8 Å². The molecule has 1 aliphatic rings. The van der Waals surface area contributed by atoms with Crippen molar-refractivity contribution in [1.29, 1.82) is 0 Å². The van der Waals surface area contributed by atoms with Crippen molar-refractivity contribution in [3.8, 4) is 17.2 Å². The number of aromatic nitrogens is 6. The summed E-state index contributed by atoms with van der Waals surface area (Å²) in [5.41, 5.74) is 3.63. The van der Waals surface area contributed by atoms with Crippen molar-refractivity contribution in [2.24, 2.45) is 7.05 Å². The van der Waals surface area contributed by atoms with Gasteiger partial charge in [0.2, 0.25) is 0 Å². The summed E-state index contributed by atoms with van der Waals surface area (Å²) >= 11 is 6.39. The lowest BCUT2D eigenvalue weighted by molar-refractivity contribution is 0.730. The second-order valence-corrected chi connectivity index (χ2v) is 6.59. The van der Waals surface area contributed by atoms with Crippen LogP contribution in [0.4, 0.5) is 5.82 Å². The van der Waals surface area contributed by atoms with Gasteiger partial charge >= 0.3 is 0 Å². The van der Waals surface area contributed by atoms with Gasteiger partial charge in [-0.1, -0.05) is 11.6 Å². The van der Waals surface area contributed by atoms with Gasteiger partial charge in [-0.15, -0.1) is 0 Å². The summed E-state index contributed by atoms with van der Waals surface area (Å²) in [6, 6.07) is 0. The second kappa shape index (κ2) is 5.66. The Morgan fingerprint density at radius 3 is 2.62 bits per heavy atom. The van der Waals surface area contributed by atoms with E-state index < -0.39 is 0 Å². The fourth-order valence-electron chi connectivity index (χ4n) is 3.23. The molecule has 1 saturated heterocycles. The topological polar surface area (TPSA) is 67.6 Å². The van der Waals surface area contributed by atoms with Crippen molar-refractivity contribution in [2.45, 2.75) is 26.7 Å². The van der Waals surface area contributed by atoms with Crippen molar-refractivity contribution in [1.82, 2.24) is 29.5 Å². The summed E-state index contributed by atoms with van der Waals surface area (Å²) in [5.74, 6) is 1.72. The van der Waals surface area contributed by atoms with Gasteiger partial charge in [0.25, 0.3) is 0 Å². The summed E-state index contributed by atoms with van der Waals surface area (Å²) < 4.78 is 3.96. The lowest BCUT2D eigenvalue weighted by Gasteiger charge is -2.17. The molecule has 126 valence electrons. The van der Waals surface area contributed by atoms with Crippen molar-refractivity contribution < 1.29 is 0 Å². The molecule has 3 aromatic rings. The van der Waals surface area contributed by atoms with Crippen LogP contribution in [-0.4, -0.2) is 42.6 Å². The summed E-state index contributed by atoms with van der Waals surface area (Å²) in [7, 11) is 1.97. The molecule has 0 bridgehead atoms. The molecule has 0 atom stereocenters. The first-order valence-electron chi connectivity index (χ1n) is 8.11. The number of aromatic amines is 1. The van der Waals surface area contributed by atoms with Crippen molar-refractivity contribution in [3.05, 3.63) is 28.8 Å². The number of nitrogens with one attached hydrogen (secondary N) is 1. The largest absolute Gasteiger partial charge is 0.353 e. The molecule has 1 fully saturated rings. The molecule has 7 nitrogen and oxygen atoms in total. The van der Waals surface area contributed by atoms with Crippen LogP contribution in [0.25, 0.3) is 17.2 Å². The standard InChI is InChI=1S/C16H20ClN7/c1-10-12(17)13(20-19-10)15-18-6-9-24(15)14-11(2)22(3)21-16(14)23-7-4-5-8-23/h6,9H,4-5,7-8H2,1-3H3,(H,19,20). The Kier molecular flexibility index (Phi) is 3.60. The molecule has 0 saturated carbocycles. The fourth-order valence-corrected chi connectivity index (χ4v) is 3.40. The first-order chi connectivity index (χ1) is 11.6. The second-order valence-electron chi connectivity index (χ2n) is 6.21. The van der Waals surface area contributed by atoms with E-state index in [0.717, 1.165) is 41.8 Å². The van der Waals surface area contributed by atoms with E-state index in [9.17, 15) is 0 Å². The van der Waals surface area contributed by atoms with Gasteiger partial charge in [0.05, 0.1) is 16.4 Å². The molecule has 0 spiro atoms. The zero-order chi connectivity index (χ0) is 16.8. The van der Waals surface area contributed by atoms with Crippen LogP contribution in [0.1, 0.15) is 24.2 Å². The number of anilines is 1. The van der Waals surface area contributed by atoms with Crippen LogP contribution in [0.3, 0.4) is 0 Å². The van der Waals surface area contributed by atoms with Gasteiger partial charge in [-0.25, -0.2) is 4.98 Å². The summed E-state index contributed by atoms with van der Waals surface area (Å²) in [4.78, 5) is 6.83. The van der Waals surface area contributed by atoms with Crippen LogP contribution in [-0.2, 0) is 7.05 Å². The molecule has 4 heterocycles. The number of H-pyrrole nitrogens is 1. The monoisotopic (exact) mass is 345 g/mol. The van der Waals surface area contributed by atoms with E-state index in [-0.39, 0.29) is 0 Å². The molecule has 1 N–H and O–H groups in total. The highest BCUT2D eigenvalue weighted by Gasteiger charge is 2.26. The molecule has 0 aliphatic carbocycles. The Morgan fingerprint density at radius 2 is 1.96 bits per heavy atom. The molecule has 4 rings (SSSR count). The van der Waals surface area contributed by atoms with Crippen LogP contribution >= 0.6 is 11.6 Å². The quantitative estimate of drug-likeness (QED) is 0.792. The summed E-state index contributed by atoms with van der Waals surface area (Å²) in [5, 5.41) is 12.6. The zero-order valence-electron chi connectivity index (χ0n) is 14.0. The lowest BCUT2D eigenvalue weighted by atomic mass is 10.3. The van der Waals surface area contributed by atoms with Gasteiger partial charge in [-0.3, -0.25) is 14.3 Å². The van der Waals surface area contributed by atoms with E-state index in [1.54, 1.807) is 6.20 Å². The van der Waals surface area contributed by atoms with Crippen LogP contribution in [0.15, 0.2) is 12.4 Å². The van der Waals surface area contributed by atoms with Gasteiger partial charge in [0.15, 0.2) is 11.6 Å². The maximum atomic E-state index is 6.39. The highest BCUT2D eigenvalue weighted by Crippen LogP contribution is 2.34. The van der Waals surface area contributed by atoms with E-state index in [0.29, 0.717) is 10.7 Å². The summed E-state index contributed by atoms with van der Waals surface area (Å²) in [6.07, 6.45) is 6.13. The Morgan fingerprint density at radius 1 is 1.21 bits per heavy atom. The maximum Gasteiger partial charge on any atom is 0.175 e. The number of hydrogen-bond donors (Lipinski definition) is 1. The van der Waals surface area contributed by atoms with Crippen LogP contribution < -0.4 is 4.90 Å². The average molecular weight is 346 g/mol. The summed E-state index contributed by atoms with van der Waals surface area (Å²) in [6.45, 7) is 6.05. The minimum Gasteiger partial charge on any atom is -0.353 e. The smallest absolute Gasteiger partial charge is 0.175 e. The third-order valence-corrected chi connectivity index (χ3v) is 5.12. The van der Waals surface area contributed by atoms with Gasteiger partial charge in [-0.2, -0.15) is 10.2 Å². The van der Waals surface area contributed by atoms with Gasteiger partial charge in [-0.05, 0) is 26.7 Å². The third kappa shape index (κ3) is 2.23. The Hall–Kier alpha value is -2.28. The molecule has 24 heavy (non-hydrogen) atoms. The molecule has 0 unspecified atom stereocenters. The first-order valence-corrected chi connectivity index (χ1v) is 8.49. The molecular formula is C16H20ClN7. The predicted molar refractivity (Wildman–Crippen MR) is 93.8 cm³/mol.